The van der Waals surface area contributed by atoms with Crippen LogP contribution in [0.3, 0.4) is 0 Å². The second-order valence-electron chi connectivity index (χ2n) is 13.8. The highest BCUT2D eigenvalue weighted by Crippen LogP contribution is 2.25. The zero-order chi connectivity index (χ0) is 31.2. The lowest BCUT2D eigenvalue weighted by Gasteiger charge is -2.28. The highest BCUT2D eigenvalue weighted by molar-refractivity contribution is 5.96. The van der Waals surface area contributed by atoms with Gasteiger partial charge in [-0.3, -0.25) is 9.69 Å². The third-order valence-corrected chi connectivity index (χ3v) is 7.90. The molecule has 0 unspecified atom stereocenters. The Labute approximate surface area is 257 Å². The summed E-state index contributed by atoms with van der Waals surface area (Å²) in [6, 6.07) is 16.5. The minimum atomic E-state index is -0.597. The first-order valence-electron chi connectivity index (χ1n) is 15.7. The molecule has 234 valence electrons. The molecule has 2 aliphatic heterocycles. The van der Waals surface area contributed by atoms with E-state index in [9.17, 15) is 14.4 Å². The third kappa shape index (κ3) is 9.73. The van der Waals surface area contributed by atoms with Crippen molar-refractivity contribution in [2.24, 2.45) is 0 Å². The summed E-state index contributed by atoms with van der Waals surface area (Å²) in [5.74, 6) is -0.179. The molecule has 8 nitrogen and oxygen atoms in total. The Morgan fingerprint density at radius 3 is 1.72 bits per heavy atom. The Hall–Kier alpha value is -3.55. The SMILES string of the molecule is CC(C)(C)OC(=O)N1CCC[C@H]1CCc1ccc(CCc2ccc(NC(=O)[C@@H]3CCCN3C(=O)OC(C)(C)C)cc2)cc1. The average molecular weight is 592 g/mol. The molecule has 0 aromatic heterocycles. The largest absolute Gasteiger partial charge is 0.444 e. The zero-order valence-corrected chi connectivity index (χ0v) is 26.8. The Kier molecular flexibility index (Phi) is 10.4. The van der Waals surface area contributed by atoms with E-state index in [1.54, 1.807) is 0 Å². The maximum Gasteiger partial charge on any atom is 0.410 e. The van der Waals surface area contributed by atoms with Crippen LogP contribution in [-0.4, -0.2) is 64.3 Å². The monoisotopic (exact) mass is 591 g/mol. The van der Waals surface area contributed by atoms with Crippen LogP contribution in [0.15, 0.2) is 48.5 Å². The normalized spacial score (nSPS) is 18.9. The van der Waals surface area contributed by atoms with Crippen molar-refractivity contribution >= 4 is 23.8 Å². The van der Waals surface area contributed by atoms with E-state index < -0.39 is 23.3 Å². The van der Waals surface area contributed by atoms with Crippen molar-refractivity contribution in [1.29, 1.82) is 0 Å². The number of anilines is 1. The molecule has 2 aromatic carbocycles. The smallest absolute Gasteiger partial charge is 0.410 e. The predicted molar refractivity (Wildman–Crippen MR) is 169 cm³/mol. The van der Waals surface area contributed by atoms with E-state index in [4.69, 9.17) is 9.47 Å². The van der Waals surface area contributed by atoms with Crippen LogP contribution < -0.4 is 5.32 Å². The molecule has 0 saturated carbocycles. The van der Waals surface area contributed by atoms with Gasteiger partial charge in [0, 0.05) is 24.8 Å². The van der Waals surface area contributed by atoms with Crippen LogP contribution in [0, 0.1) is 0 Å². The van der Waals surface area contributed by atoms with Crippen LogP contribution in [0.5, 0.6) is 0 Å². The highest BCUT2D eigenvalue weighted by atomic mass is 16.6. The van der Waals surface area contributed by atoms with Crippen molar-refractivity contribution in [3.8, 4) is 0 Å². The minimum absolute atomic E-state index is 0.179. The molecule has 2 saturated heterocycles. The van der Waals surface area contributed by atoms with Crippen LogP contribution in [0.25, 0.3) is 0 Å². The van der Waals surface area contributed by atoms with Gasteiger partial charge in [-0.1, -0.05) is 36.4 Å². The lowest BCUT2D eigenvalue weighted by molar-refractivity contribution is -0.120. The number of nitrogens with one attached hydrogen (secondary N) is 1. The Balaban J connectivity index is 1.22. The summed E-state index contributed by atoms with van der Waals surface area (Å²) in [5, 5.41) is 2.97. The molecule has 2 aliphatic rings. The van der Waals surface area contributed by atoms with E-state index in [1.807, 2.05) is 70.7 Å². The van der Waals surface area contributed by atoms with Gasteiger partial charge in [-0.05, 0) is 122 Å². The van der Waals surface area contributed by atoms with Crippen molar-refractivity contribution in [2.45, 2.75) is 116 Å². The summed E-state index contributed by atoms with van der Waals surface area (Å²) >= 11 is 0. The van der Waals surface area contributed by atoms with Crippen molar-refractivity contribution in [3.63, 3.8) is 0 Å². The summed E-state index contributed by atoms with van der Waals surface area (Å²) in [6.45, 7) is 12.5. The highest BCUT2D eigenvalue weighted by Gasteiger charge is 2.36. The number of rotatable bonds is 8. The molecule has 0 radical (unpaired) electrons. The average Bonchev–Trinajstić information content (AvgIpc) is 3.61. The molecule has 0 spiro atoms. The number of hydrogen-bond donors (Lipinski definition) is 1. The number of aryl methyl sites for hydroxylation is 3. The standard InChI is InChI=1S/C35H49N3O5/c1-34(2,3)42-32(40)37-23-7-9-29(37)22-19-26-14-11-25(12-15-26)13-16-27-17-20-28(21-18-27)36-31(39)30-10-8-24-38(30)33(41)43-35(4,5)6/h11-12,14-15,17-18,20-21,29-30H,7-10,13,16,19,22-24H2,1-6H3,(H,36,39)/t29-,30-/m0/s1. The van der Waals surface area contributed by atoms with Gasteiger partial charge in [0.2, 0.25) is 5.91 Å². The quantitative estimate of drug-likeness (QED) is 0.353. The summed E-state index contributed by atoms with van der Waals surface area (Å²) in [6.07, 6.45) is 6.55. The fourth-order valence-electron chi connectivity index (χ4n) is 5.75. The van der Waals surface area contributed by atoms with Gasteiger partial charge in [0.15, 0.2) is 0 Å². The number of nitrogens with zero attached hydrogens (tertiary/aromatic N) is 2. The first-order chi connectivity index (χ1) is 20.3. The minimum Gasteiger partial charge on any atom is -0.444 e. The summed E-state index contributed by atoms with van der Waals surface area (Å²) in [7, 11) is 0. The molecule has 0 aliphatic carbocycles. The maximum atomic E-state index is 13.0. The van der Waals surface area contributed by atoms with Gasteiger partial charge in [0.05, 0.1) is 0 Å². The Morgan fingerprint density at radius 1 is 0.698 bits per heavy atom. The zero-order valence-electron chi connectivity index (χ0n) is 26.8. The Bertz CT molecular complexity index is 1240. The Morgan fingerprint density at radius 2 is 1.16 bits per heavy atom. The molecular weight excluding hydrogens is 542 g/mol. The van der Waals surface area contributed by atoms with Gasteiger partial charge in [-0.25, -0.2) is 9.59 Å². The van der Waals surface area contributed by atoms with Crippen molar-refractivity contribution in [2.75, 3.05) is 18.4 Å². The number of carbonyl (C=O) groups is 3. The molecule has 8 heteroatoms. The van der Waals surface area contributed by atoms with Crippen molar-refractivity contribution in [3.05, 3.63) is 65.2 Å². The van der Waals surface area contributed by atoms with Gasteiger partial charge < -0.3 is 19.7 Å². The maximum absolute atomic E-state index is 13.0. The van der Waals surface area contributed by atoms with Gasteiger partial charge in [-0.2, -0.15) is 0 Å². The predicted octanol–water partition coefficient (Wildman–Crippen LogP) is 7.14. The van der Waals surface area contributed by atoms with Gasteiger partial charge in [-0.15, -0.1) is 0 Å². The van der Waals surface area contributed by atoms with E-state index >= 15 is 0 Å². The molecule has 3 amide bonds. The summed E-state index contributed by atoms with van der Waals surface area (Å²) < 4.78 is 11.1. The lowest BCUT2D eigenvalue weighted by Crippen LogP contribution is -2.45. The van der Waals surface area contributed by atoms with Crippen molar-refractivity contribution < 1.29 is 23.9 Å². The van der Waals surface area contributed by atoms with Crippen molar-refractivity contribution in [1.82, 2.24) is 9.80 Å². The number of hydrogen-bond acceptors (Lipinski definition) is 5. The molecule has 0 bridgehead atoms. The molecule has 1 N–H and O–H groups in total. The third-order valence-electron chi connectivity index (χ3n) is 7.90. The molecule has 4 rings (SSSR count). The van der Waals surface area contributed by atoms with E-state index in [0.717, 1.165) is 57.2 Å². The van der Waals surface area contributed by atoms with Gasteiger partial charge >= 0.3 is 12.2 Å². The van der Waals surface area contributed by atoms with E-state index in [0.29, 0.717) is 13.0 Å². The van der Waals surface area contributed by atoms with Crippen LogP contribution in [0.4, 0.5) is 15.3 Å². The lowest BCUT2D eigenvalue weighted by atomic mass is 10.00. The fourth-order valence-corrected chi connectivity index (χ4v) is 5.75. The van der Waals surface area contributed by atoms with E-state index in [-0.39, 0.29) is 18.0 Å². The van der Waals surface area contributed by atoms with E-state index in [1.165, 1.54) is 21.6 Å². The first kappa shape index (κ1) is 32.4. The summed E-state index contributed by atoms with van der Waals surface area (Å²) in [4.78, 5) is 41.5. The van der Waals surface area contributed by atoms with Crippen LogP contribution in [0.1, 0.15) is 90.3 Å². The second-order valence-corrected chi connectivity index (χ2v) is 13.8. The number of ether oxygens (including phenoxy) is 2. The van der Waals surface area contributed by atoms with Gasteiger partial charge in [0.25, 0.3) is 0 Å². The number of likely N-dealkylation sites (tertiary alicyclic amines) is 2. The number of amides is 3. The van der Waals surface area contributed by atoms with E-state index in [2.05, 4.69) is 29.6 Å². The molecular formula is C35H49N3O5. The van der Waals surface area contributed by atoms with Crippen LogP contribution in [-0.2, 0) is 33.5 Å². The second kappa shape index (κ2) is 13.8. The number of benzene rings is 2. The summed E-state index contributed by atoms with van der Waals surface area (Å²) in [5.41, 5.74) is 3.41. The number of carbonyl (C=O) groups excluding carboxylic acids is 3. The topological polar surface area (TPSA) is 88.2 Å². The van der Waals surface area contributed by atoms with Crippen LogP contribution >= 0.6 is 0 Å². The molecule has 2 fully saturated rings. The molecule has 2 atom stereocenters. The van der Waals surface area contributed by atoms with Gasteiger partial charge in [0.1, 0.15) is 17.2 Å². The van der Waals surface area contributed by atoms with Crippen LogP contribution in [0.2, 0.25) is 0 Å². The molecule has 2 aromatic rings. The fraction of sp³-hybridized carbons (Fsp3) is 0.571. The first-order valence-corrected chi connectivity index (χ1v) is 15.7. The molecule has 43 heavy (non-hydrogen) atoms. The molecule has 2 heterocycles.